The average molecular weight is 491 g/mol. The summed E-state index contributed by atoms with van der Waals surface area (Å²) >= 11 is 8.28. The summed E-state index contributed by atoms with van der Waals surface area (Å²) in [5.41, 5.74) is 0.571. The van der Waals surface area contributed by atoms with Crippen molar-refractivity contribution in [1.29, 1.82) is 0 Å². The van der Waals surface area contributed by atoms with Crippen molar-refractivity contribution in [2.45, 2.75) is 0 Å². The zero-order valence-corrected chi connectivity index (χ0v) is 16.7. The number of halogens is 2. The second kappa shape index (κ2) is 8.83. The number of hydrogen-bond acceptors (Lipinski definition) is 6. The molecule has 0 N–H and O–H groups in total. The van der Waals surface area contributed by atoms with Crippen molar-refractivity contribution in [3.63, 3.8) is 0 Å². The first kappa shape index (κ1) is 19.1. The van der Waals surface area contributed by atoms with Crippen LogP contribution in [-0.2, 0) is 19.1 Å². The van der Waals surface area contributed by atoms with E-state index in [9.17, 15) is 9.59 Å². The molecule has 0 aliphatic carbocycles. The summed E-state index contributed by atoms with van der Waals surface area (Å²) in [5, 5.41) is 1.30. The number of aromatic nitrogens is 1. The van der Waals surface area contributed by atoms with Gasteiger partial charge < -0.3 is 19.1 Å². The van der Waals surface area contributed by atoms with Gasteiger partial charge in [-0.05, 0) is 40.8 Å². The van der Waals surface area contributed by atoms with Crippen LogP contribution in [-0.4, -0.2) is 61.3 Å². The number of esters is 1. The minimum atomic E-state index is -0.624. The second-order valence-electron chi connectivity index (χ2n) is 5.51. The monoisotopic (exact) mass is 490 g/mol. The summed E-state index contributed by atoms with van der Waals surface area (Å²) in [4.78, 5) is 29.8. The molecule has 0 unspecified atom stereocenters. The van der Waals surface area contributed by atoms with Crippen LogP contribution in [0.5, 0.6) is 5.75 Å². The van der Waals surface area contributed by atoms with E-state index < -0.39 is 5.97 Å². The zero-order valence-electron chi connectivity index (χ0n) is 13.7. The molecule has 1 saturated heterocycles. The van der Waals surface area contributed by atoms with E-state index in [4.69, 9.17) is 25.8 Å². The highest BCUT2D eigenvalue weighted by molar-refractivity contribution is 14.1. The standard InChI is InChI=1S/C17H16ClIN2O5/c18-12-8-13(19)17(16-11(12)2-1-3-20-16)26-10-15(23)25-9-14(22)21-4-6-24-7-5-21/h1-3,8H,4-7,9-10H2. The number of pyridine rings is 1. The Balaban J connectivity index is 1.58. The van der Waals surface area contributed by atoms with E-state index in [1.807, 2.05) is 6.07 Å². The van der Waals surface area contributed by atoms with Gasteiger partial charge in [0.1, 0.15) is 5.52 Å². The van der Waals surface area contributed by atoms with Crippen molar-refractivity contribution >= 4 is 57.0 Å². The van der Waals surface area contributed by atoms with Gasteiger partial charge in [0.2, 0.25) is 0 Å². The van der Waals surface area contributed by atoms with Crippen molar-refractivity contribution in [3.05, 3.63) is 33.0 Å². The Morgan fingerprint density at radius 3 is 2.85 bits per heavy atom. The third-order valence-corrected chi connectivity index (χ3v) is 4.92. The molecule has 0 spiro atoms. The van der Waals surface area contributed by atoms with Crippen LogP contribution in [0.2, 0.25) is 5.02 Å². The first-order valence-electron chi connectivity index (χ1n) is 7.93. The molecule has 3 rings (SSSR count). The largest absolute Gasteiger partial charge is 0.478 e. The average Bonchev–Trinajstić information content (AvgIpc) is 2.66. The Kier molecular flexibility index (Phi) is 6.49. The summed E-state index contributed by atoms with van der Waals surface area (Å²) in [6.07, 6.45) is 1.63. The smallest absolute Gasteiger partial charge is 0.344 e. The third kappa shape index (κ3) is 4.54. The normalized spacial score (nSPS) is 14.3. The molecule has 1 fully saturated rings. The number of hydrogen-bond donors (Lipinski definition) is 0. The van der Waals surface area contributed by atoms with Crippen molar-refractivity contribution in [1.82, 2.24) is 9.88 Å². The predicted octanol–water partition coefficient (Wildman–Crippen LogP) is 2.27. The van der Waals surface area contributed by atoms with Gasteiger partial charge in [-0.15, -0.1) is 0 Å². The highest BCUT2D eigenvalue weighted by atomic mass is 127. The predicted molar refractivity (Wildman–Crippen MR) is 103 cm³/mol. The maximum atomic E-state index is 12.0. The molecule has 0 radical (unpaired) electrons. The number of fused-ring (bicyclic) bond motifs is 1. The maximum Gasteiger partial charge on any atom is 0.344 e. The summed E-state index contributed by atoms with van der Waals surface area (Å²) in [5.74, 6) is -0.404. The fourth-order valence-corrected chi connectivity index (χ4v) is 3.67. The molecule has 9 heteroatoms. The van der Waals surface area contributed by atoms with Gasteiger partial charge in [-0.2, -0.15) is 0 Å². The fourth-order valence-electron chi connectivity index (χ4n) is 2.50. The van der Waals surface area contributed by atoms with Gasteiger partial charge in [-0.25, -0.2) is 4.79 Å². The third-order valence-electron chi connectivity index (χ3n) is 3.81. The summed E-state index contributed by atoms with van der Waals surface area (Å²) in [7, 11) is 0. The van der Waals surface area contributed by atoms with Gasteiger partial charge in [-0.1, -0.05) is 11.6 Å². The van der Waals surface area contributed by atoms with Crippen LogP contribution in [0.15, 0.2) is 24.4 Å². The Morgan fingerprint density at radius 1 is 1.31 bits per heavy atom. The van der Waals surface area contributed by atoms with Crippen LogP contribution in [0, 0.1) is 3.57 Å². The van der Waals surface area contributed by atoms with Crippen LogP contribution in [0.1, 0.15) is 0 Å². The number of amides is 1. The molecule has 2 heterocycles. The summed E-state index contributed by atoms with van der Waals surface area (Å²) in [6.45, 7) is 1.38. The molecule has 0 saturated carbocycles. The van der Waals surface area contributed by atoms with Gasteiger partial charge in [0.25, 0.3) is 5.91 Å². The molecule has 1 aliphatic rings. The van der Waals surface area contributed by atoms with Crippen LogP contribution < -0.4 is 4.74 Å². The molecule has 0 atom stereocenters. The lowest BCUT2D eigenvalue weighted by atomic mass is 10.2. The van der Waals surface area contributed by atoms with Gasteiger partial charge in [0, 0.05) is 24.7 Å². The molecular weight excluding hydrogens is 475 g/mol. The SMILES string of the molecule is O=C(COc1c(I)cc(Cl)c2cccnc12)OCC(=O)N1CCOCC1. The lowest BCUT2D eigenvalue weighted by Crippen LogP contribution is -2.42. The molecular formula is C17H16ClIN2O5. The number of nitrogens with zero attached hydrogens (tertiary/aromatic N) is 2. The second-order valence-corrected chi connectivity index (χ2v) is 7.08. The Hall–Kier alpha value is -1.65. The molecule has 26 heavy (non-hydrogen) atoms. The zero-order chi connectivity index (χ0) is 18.5. The van der Waals surface area contributed by atoms with Gasteiger partial charge >= 0.3 is 5.97 Å². The molecule has 1 aromatic heterocycles. The number of carbonyl (C=O) groups excluding carboxylic acids is 2. The maximum absolute atomic E-state index is 12.0. The van der Waals surface area contributed by atoms with Crippen molar-refractivity contribution in [2.75, 3.05) is 39.5 Å². The van der Waals surface area contributed by atoms with Crippen LogP contribution in [0.4, 0.5) is 0 Å². The molecule has 0 bridgehead atoms. The highest BCUT2D eigenvalue weighted by Gasteiger charge is 2.19. The van der Waals surface area contributed by atoms with E-state index in [1.54, 1.807) is 23.2 Å². The molecule has 2 aromatic rings. The van der Waals surface area contributed by atoms with Gasteiger partial charge in [0.15, 0.2) is 19.0 Å². The van der Waals surface area contributed by atoms with E-state index in [-0.39, 0.29) is 19.1 Å². The van der Waals surface area contributed by atoms with Crippen molar-refractivity contribution < 1.29 is 23.8 Å². The molecule has 138 valence electrons. The molecule has 1 aliphatic heterocycles. The minimum absolute atomic E-state index is 0.241. The van der Waals surface area contributed by atoms with Crippen LogP contribution in [0.25, 0.3) is 10.9 Å². The first-order chi connectivity index (χ1) is 12.6. The lowest BCUT2D eigenvalue weighted by Gasteiger charge is -2.26. The lowest BCUT2D eigenvalue weighted by molar-refractivity contribution is -0.155. The van der Waals surface area contributed by atoms with Gasteiger partial charge in [-0.3, -0.25) is 9.78 Å². The minimum Gasteiger partial charge on any atom is -0.478 e. The first-order valence-corrected chi connectivity index (χ1v) is 9.38. The summed E-state index contributed by atoms with van der Waals surface area (Å²) in [6, 6.07) is 5.35. The van der Waals surface area contributed by atoms with E-state index in [1.165, 1.54) is 0 Å². The summed E-state index contributed by atoms with van der Waals surface area (Å²) < 4.78 is 16.5. The molecule has 7 nitrogen and oxygen atoms in total. The Labute approximate surface area is 168 Å². The van der Waals surface area contributed by atoms with E-state index in [0.29, 0.717) is 42.6 Å². The topological polar surface area (TPSA) is 78.0 Å². The van der Waals surface area contributed by atoms with E-state index >= 15 is 0 Å². The van der Waals surface area contributed by atoms with Crippen molar-refractivity contribution in [2.24, 2.45) is 0 Å². The number of morpholine rings is 1. The number of benzene rings is 1. The van der Waals surface area contributed by atoms with Crippen LogP contribution in [0.3, 0.4) is 0 Å². The van der Waals surface area contributed by atoms with Crippen LogP contribution >= 0.6 is 34.2 Å². The number of carbonyl (C=O) groups is 2. The Bertz CT molecular complexity index is 826. The van der Waals surface area contributed by atoms with E-state index in [2.05, 4.69) is 27.6 Å². The van der Waals surface area contributed by atoms with Crippen molar-refractivity contribution in [3.8, 4) is 5.75 Å². The molecule has 1 amide bonds. The van der Waals surface area contributed by atoms with Gasteiger partial charge in [0.05, 0.1) is 21.8 Å². The number of ether oxygens (including phenoxy) is 3. The Morgan fingerprint density at radius 2 is 2.08 bits per heavy atom. The highest BCUT2D eigenvalue weighted by Crippen LogP contribution is 2.34. The van der Waals surface area contributed by atoms with E-state index in [0.717, 1.165) is 8.96 Å². The fraction of sp³-hybridized carbons (Fsp3) is 0.353. The quantitative estimate of drug-likeness (QED) is 0.473. The number of rotatable bonds is 5. The molecule has 1 aromatic carbocycles.